The summed E-state index contributed by atoms with van der Waals surface area (Å²) in [4.78, 5) is 4.20. The molecule has 1 saturated heterocycles. The van der Waals surface area contributed by atoms with Gasteiger partial charge in [-0.2, -0.15) is 0 Å². The van der Waals surface area contributed by atoms with Crippen LogP contribution < -0.4 is 4.74 Å². The van der Waals surface area contributed by atoms with E-state index in [1.807, 2.05) is 115 Å². The molecule has 4 aromatic rings. The van der Waals surface area contributed by atoms with Crippen LogP contribution in [0.1, 0.15) is 16.7 Å². The van der Waals surface area contributed by atoms with Crippen LogP contribution in [0.2, 0.25) is 0 Å². The molecule has 0 N–H and O–H groups in total. The van der Waals surface area contributed by atoms with Crippen molar-refractivity contribution in [2.45, 2.75) is 54.5 Å². The first-order valence-electron chi connectivity index (χ1n) is 14.2. The average molecular weight is 598 g/mol. The quantitative estimate of drug-likeness (QED) is 0.0845. The number of rotatable bonds is 14. The molecule has 4 aromatic carbocycles. The number of benzene rings is 4. The van der Waals surface area contributed by atoms with Gasteiger partial charge in [-0.05, 0) is 46.5 Å². The van der Waals surface area contributed by atoms with E-state index in [2.05, 4.69) is 10.0 Å². The number of methoxy groups -OCH3 is 1. The Kier molecular flexibility index (Phi) is 11.5. The third kappa shape index (κ3) is 8.84. The summed E-state index contributed by atoms with van der Waals surface area (Å²) in [6.45, 7) is 1.32. The van der Waals surface area contributed by atoms with Gasteiger partial charge in [0.25, 0.3) is 0 Å². The van der Waals surface area contributed by atoms with Crippen LogP contribution in [0.4, 0.5) is 0 Å². The van der Waals surface area contributed by atoms with Gasteiger partial charge in [0.15, 0.2) is 0 Å². The van der Waals surface area contributed by atoms with E-state index in [-0.39, 0.29) is 6.61 Å². The lowest BCUT2D eigenvalue weighted by molar-refractivity contribution is -0.211. The van der Waals surface area contributed by atoms with Crippen LogP contribution >= 0.6 is 11.8 Å². The molecule has 1 aliphatic heterocycles. The fourth-order valence-electron chi connectivity index (χ4n) is 4.88. The van der Waals surface area contributed by atoms with Gasteiger partial charge >= 0.3 is 0 Å². The Hall–Kier alpha value is -3.82. The summed E-state index contributed by atoms with van der Waals surface area (Å²) >= 11 is 1.50. The fraction of sp³-hybridized carbons (Fsp3) is 0.294. The molecule has 1 heterocycles. The van der Waals surface area contributed by atoms with E-state index in [9.17, 15) is 5.53 Å². The summed E-state index contributed by atoms with van der Waals surface area (Å²) in [5.41, 5.74) is 12.2. The summed E-state index contributed by atoms with van der Waals surface area (Å²) < 4.78 is 31.3. The second kappa shape index (κ2) is 16.1. The maximum absolute atomic E-state index is 9.64. The Bertz CT molecular complexity index is 1420. The van der Waals surface area contributed by atoms with Gasteiger partial charge in [-0.1, -0.05) is 108 Å². The van der Waals surface area contributed by atoms with E-state index in [1.165, 1.54) is 11.8 Å². The van der Waals surface area contributed by atoms with Gasteiger partial charge in [0.2, 0.25) is 0 Å². The predicted octanol–water partition coefficient (Wildman–Crippen LogP) is 7.58. The molecule has 0 amide bonds. The SMILES string of the molecule is COc1ccc(CO[C@H]2[C@H](OCc3ccccc3)[C@@H](N=[N+]=[N-])C(Sc3ccccc3)O[C@@H]2COCc2ccccc2)cc1. The predicted molar refractivity (Wildman–Crippen MR) is 167 cm³/mol. The normalized spacial score (nSPS) is 21.6. The molecule has 0 bridgehead atoms. The Balaban J connectivity index is 1.43. The van der Waals surface area contributed by atoms with Crippen LogP contribution in [0.15, 0.2) is 125 Å². The van der Waals surface area contributed by atoms with Gasteiger partial charge in [0.05, 0.1) is 39.6 Å². The number of hydrogen-bond acceptors (Lipinski definition) is 7. The van der Waals surface area contributed by atoms with Crippen molar-refractivity contribution in [2.75, 3.05) is 13.7 Å². The molecule has 9 heteroatoms. The molecule has 1 fully saturated rings. The van der Waals surface area contributed by atoms with Crippen LogP contribution in [0.25, 0.3) is 10.4 Å². The smallest absolute Gasteiger partial charge is 0.119 e. The zero-order chi connectivity index (χ0) is 29.7. The van der Waals surface area contributed by atoms with Crippen molar-refractivity contribution in [3.8, 4) is 5.75 Å². The second-order valence-corrected chi connectivity index (χ2v) is 11.2. The maximum atomic E-state index is 9.64. The van der Waals surface area contributed by atoms with Crippen molar-refractivity contribution in [2.24, 2.45) is 5.11 Å². The van der Waals surface area contributed by atoms with Crippen molar-refractivity contribution in [3.05, 3.63) is 142 Å². The Labute approximate surface area is 256 Å². The summed E-state index contributed by atoms with van der Waals surface area (Å²) in [6, 6.07) is 36.9. The van der Waals surface area contributed by atoms with Crippen molar-refractivity contribution in [1.82, 2.24) is 0 Å². The number of hydrogen-bond donors (Lipinski definition) is 0. The monoisotopic (exact) mass is 597 g/mol. The van der Waals surface area contributed by atoms with E-state index in [0.29, 0.717) is 19.8 Å². The molecule has 5 rings (SSSR count). The highest BCUT2D eigenvalue weighted by atomic mass is 32.2. The van der Waals surface area contributed by atoms with Gasteiger partial charge in [0.1, 0.15) is 29.4 Å². The average Bonchev–Trinajstić information content (AvgIpc) is 3.06. The fourth-order valence-corrected chi connectivity index (χ4v) is 6.01. The number of nitrogens with zero attached hydrogens (tertiary/aromatic N) is 3. The van der Waals surface area contributed by atoms with Crippen molar-refractivity contribution in [3.63, 3.8) is 0 Å². The maximum Gasteiger partial charge on any atom is 0.119 e. The summed E-state index contributed by atoms with van der Waals surface area (Å²) in [5, 5.41) is 4.22. The van der Waals surface area contributed by atoms with Crippen molar-refractivity contribution in [1.29, 1.82) is 0 Å². The molecular formula is C34H35N3O5S. The van der Waals surface area contributed by atoms with Crippen LogP contribution in [0.5, 0.6) is 5.75 Å². The lowest BCUT2D eigenvalue weighted by atomic mass is 9.97. The number of ether oxygens (including phenoxy) is 5. The minimum atomic E-state index is -0.662. The van der Waals surface area contributed by atoms with Gasteiger partial charge in [0, 0.05) is 9.81 Å². The van der Waals surface area contributed by atoms with E-state index in [0.717, 1.165) is 27.3 Å². The van der Waals surface area contributed by atoms with E-state index < -0.39 is 29.8 Å². The molecule has 0 spiro atoms. The van der Waals surface area contributed by atoms with Gasteiger partial charge < -0.3 is 23.7 Å². The number of azide groups is 1. The van der Waals surface area contributed by atoms with Gasteiger partial charge in [-0.15, -0.1) is 0 Å². The minimum absolute atomic E-state index is 0.266. The molecule has 8 nitrogen and oxygen atoms in total. The van der Waals surface area contributed by atoms with Crippen LogP contribution in [0.3, 0.4) is 0 Å². The van der Waals surface area contributed by atoms with Gasteiger partial charge in [-0.3, -0.25) is 0 Å². The molecule has 0 aliphatic carbocycles. The Morgan fingerprint density at radius 2 is 1.28 bits per heavy atom. The van der Waals surface area contributed by atoms with Crippen LogP contribution in [-0.2, 0) is 38.8 Å². The van der Waals surface area contributed by atoms with Crippen molar-refractivity contribution < 1.29 is 23.7 Å². The zero-order valence-corrected chi connectivity index (χ0v) is 24.8. The highest BCUT2D eigenvalue weighted by Crippen LogP contribution is 2.38. The summed E-state index contributed by atoms with van der Waals surface area (Å²) in [5.74, 6) is 0.769. The van der Waals surface area contributed by atoms with Gasteiger partial charge in [-0.25, -0.2) is 0 Å². The topological polar surface area (TPSA) is 94.9 Å². The first kappa shape index (κ1) is 30.6. The number of thioether (sulfide) groups is 1. The first-order chi connectivity index (χ1) is 21.2. The molecule has 43 heavy (non-hydrogen) atoms. The molecule has 1 unspecified atom stereocenters. The van der Waals surface area contributed by atoms with E-state index in [1.54, 1.807) is 7.11 Å². The Morgan fingerprint density at radius 3 is 1.88 bits per heavy atom. The molecule has 222 valence electrons. The molecule has 0 radical (unpaired) electrons. The first-order valence-corrected chi connectivity index (χ1v) is 15.0. The Morgan fingerprint density at radius 1 is 0.721 bits per heavy atom. The third-order valence-electron chi connectivity index (χ3n) is 7.08. The molecule has 0 saturated carbocycles. The largest absolute Gasteiger partial charge is 0.497 e. The minimum Gasteiger partial charge on any atom is -0.497 e. The van der Waals surface area contributed by atoms with E-state index >= 15 is 0 Å². The van der Waals surface area contributed by atoms with E-state index in [4.69, 9.17) is 23.7 Å². The van der Waals surface area contributed by atoms with Crippen molar-refractivity contribution >= 4 is 11.8 Å². The summed E-state index contributed by atoms with van der Waals surface area (Å²) in [7, 11) is 1.64. The lowest BCUT2D eigenvalue weighted by Crippen LogP contribution is -2.58. The zero-order valence-electron chi connectivity index (χ0n) is 24.0. The highest BCUT2D eigenvalue weighted by molar-refractivity contribution is 7.99. The molecule has 1 aliphatic rings. The standard InChI is InChI=1S/C34H35N3O5S/c1-38-28-19-17-27(18-20-28)23-40-32-30(24-39-21-25-11-5-2-6-12-25)42-34(43-29-15-9-4-10-16-29)31(36-37-35)33(32)41-22-26-13-7-3-8-14-26/h2-20,30-34H,21-24H2,1H3/t30-,31-,32-,33-,34?/m1/s1. The molecule has 0 aromatic heterocycles. The van der Waals surface area contributed by atoms with Crippen LogP contribution in [0, 0.1) is 0 Å². The van der Waals surface area contributed by atoms with Crippen LogP contribution in [-0.4, -0.2) is 43.5 Å². The summed E-state index contributed by atoms with van der Waals surface area (Å²) in [6.07, 6.45) is -1.67. The molecular weight excluding hydrogens is 562 g/mol. The molecule has 5 atom stereocenters. The second-order valence-electron chi connectivity index (χ2n) is 10.1. The third-order valence-corrected chi connectivity index (χ3v) is 8.24. The lowest BCUT2D eigenvalue weighted by Gasteiger charge is -2.44. The highest BCUT2D eigenvalue weighted by Gasteiger charge is 2.47.